The Morgan fingerprint density at radius 2 is 1.83 bits per heavy atom. The summed E-state index contributed by atoms with van der Waals surface area (Å²) >= 11 is 5.89. The van der Waals surface area contributed by atoms with E-state index >= 15 is 0 Å². The second kappa shape index (κ2) is 8.59. The van der Waals surface area contributed by atoms with Gasteiger partial charge in [0.15, 0.2) is 6.10 Å². The lowest BCUT2D eigenvalue weighted by Gasteiger charge is -2.22. The fourth-order valence-corrected chi connectivity index (χ4v) is 3.55. The van der Waals surface area contributed by atoms with Crippen molar-refractivity contribution < 1.29 is 14.3 Å². The number of nitrogens with zero attached hydrogens (tertiary/aromatic N) is 1. The van der Waals surface area contributed by atoms with Crippen molar-refractivity contribution in [3.8, 4) is 5.75 Å². The first-order chi connectivity index (χ1) is 14.5. The number of benzene rings is 3. The van der Waals surface area contributed by atoms with Crippen LogP contribution in [0.4, 0.5) is 5.69 Å². The fourth-order valence-electron chi connectivity index (χ4n) is 3.42. The van der Waals surface area contributed by atoms with Crippen LogP contribution < -0.4 is 10.1 Å². The molecule has 0 saturated carbocycles. The van der Waals surface area contributed by atoms with Crippen LogP contribution in [0.3, 0.4) is 0 Å². The molecule has 2 amide bonds. The minimum absolute atomic E-state index is 0.0678. The molecule has 4 rings (SSSR count). The van der Waals surface area contributed by atoms with E-state index in [0.29, 0.717) is 35.1 Å². The summed E-state index contributed by atoms with van der Waals surface area (Å²) in [5.74, 6) is 0.351. The van der Waals surface area contributed by atoms with Gasteiger partial charge in [-0.1, -0.05) is 41.9 Å². The topological polar surface area (TPSA) is 58.6 Å². The Labute approximate surface area is 180 Å². The van der Waals surface area contributed by atoms with Crippen LogP contribution in [-0.2, 0) is 17.9 Å². The second-order valence-corrected chi connectivity index (χ2v) is 7.66. The minimum Gasteiger partial charge on any atom is -0.481 e. The van der Waals surface area contributed by atoms with E-state index in [1.54, 1.807) is 48.2 Å². The summed E-state index contributed by atoms with van der Waals surface area (Å²) in [5.41, 5.74) is 3.05. The minimum atomic E-state index is -0.579. The number of amides is 2. The molecule has 0 saturated heterocycles. The van der Waals surface area contributed by atoms with Crippen LogP contribution in [0.1, 0.15) is 28.4 Å². The number of nitrogens with one attached hydrogen (secondary N) is 1. The third-order valence-electron chi connectivity index (χ3n) is 4.97. The van der Waals surface area contributed by atoms with Crippen molar-refractivity contribution in [3.05, 3.63) is 94.5 Å². The Kier molecular flexibility index (Phi) is 5.72. The Morgan fingerprint density at radius 3 is 2.57 bits per heavy atom. The second-order valence-electron chi connectivity index (χ2n) is 7.22. The summed E-state index contributed by atoms with van der Waals surface area (Å²) in [4.78, 5) is 27.1. The van der Waals surface area contributed by atoms with E-state index in [2.05, 4.69) is 5.32 Å². The molecular weight excluding hydrogens is 400 g/mol. The zero-order valence-corrected chi connectivity index (χ0v) is 17.2. The monoisotopic (exact) mass is 420 g/mol. The van der Waals surface area contributed by atoms with E-state index in [0.717, 1.165) is 11.1 Å². The van der Waals surface area contributed by atoms with Gasteiger partial charge < -0.3 is 15.0 Å². The molecule has 1 aliphatic rings. The fraction of sp³-hybridized carbons (Fsp3) is 0.167. The number of fused-ring (bicyclic) bond motifs is 1. The van der Waals surface area contributed by atoms with E-state index in [4.69, 9.17) is 16.3 Å². The molecule has 1 heterocycles. The van der Waals surface area contributed by atoms with E-state index in [1.807, 2.05) is 36.4 Å². The molecule has 3 aromatic carbocycles. The Morgan fingerprint density at radius 1 is 1.10 bits per heavy atom. The zero-order valence-electron chi connectivity index (χ0n) is 16.5. The SMILES string of the molecule is CC1Oc2ccc(NC(=O)c3ccc(Cl)cc3)cc2CN(Cc2ccccc2)C1=O. The molecule has 3 aromatic rings. The molecule has 0 spiro atoms. The Hall–Kier alpha value is -3.31. The maximum Gasteiger partial charge on any atom is 0.263 e. The van der Waals surface area contributed by atoms with Gasteiger partial charge in [0.2, 0.25) is 0 Å². The van der Waals surface area contributed by atoms with Crippen LogP contribution in [0.25, 0.3) is 0 Å². The maximum atomic E-state index is 12.8. The molecule has 0 aromatic heterocycles. The van der Waals surface area contributed by atoms with Gasteiger partial charge in [0, 0.05) is 34.9 Å². The normalized spacial score (nSPS) is 15.7. The highest BCUT2D eigenvalue weighted by Gasteiger charge is 2.28. The predicted molar refractivity (Wildman–Crippen MR) is 117 cm³/mol. The van der Waals surface area contributed by atoms with E-state index in [-0.39, 0.29) is 11.8 Å². The van der Waals surface area contributed by atoms with Crippen molar-refractivity contribution in [1.29, 1.82) is 0 Å². The van der Waals surface area contributed by atoms with Crippen molar-refractivity contribution in [2.24, 2.45) is 0 Å². The quantitative estimate of drug-likeness (QED) is 0.653. The molecule has 0 aliphatic carbocycles. The van der Waals surface area contributed by atoms with E-state index in [9.17, 15) is 9.59 Å². The first-order valence-corrected chi connectivity index (χ1v) is 10.1. The van der Waals surface area contributed by atoms with Crippen molar-refractivity contribution in [3.63, 3.8) is 0 Å². The van der Waals surface area contributed by atoms with Crippen molar-refractivity contribution in [2.45, 2.75) is 26.1 Å². The van der Waals surface area contributed by atoms with Crippen molar-refractivity contribution >= 4 is 29.1 Å². The Bertz CT molecular complexity index is 1070. The molecular formula is C24H21ClN2O3. The number of ether oxygens (including phenoxy) is 1. The van der Waals surface area contributed by atoms with Crippen molar-refractivity contribution in [1.82, 2.24) is 4.90 Å². The van der Waals surface area contributed by atoms with Gasteiger partial charge in [-0.05, 0) is 55.0 Å². The third-order valence-corrected chi connectivity index (χ3v) is 5.22. The largest absolute Gasteiger partial charge is 0.481 e. The van der Waals surface area contributed by atoms with Crippen LogP contribution in [0.5, 0.6) is 5.75 Å². The molecule has 1 unspecified atom stereocenters. The van der Waals surface area contributed by atoms with E-state index in [1.165, 1.54) is 0 Å². The Balaban J connectivity index is 1.56. The number of carbonyl (C=O) groups excluding carboxylic acids is 2. The van der Waals surface area contributed by atoms with Gasteiger partial charge >= 0.3 is 0 Å². The number of hydrogen-bond acceptors (Lipinski definition) is 3. The average Bonchev–Trinajstić information content (AvgIpc) is 2.86. The van der Waals surface area contributed by atoms with Crippen LogP contribution in [0, 0.1) is 0 Å². The van der Waals surface area contributed by atoms with E-state index < -0.39 is 6.10 Å². The molecule has 30 heavy (non-hydrogen) atoms. The number of anilines is 1. The molecule has 0 radical (unpaired) electrons. The lowest BCUT2D eigenvalue weighted by atomic mass is 10.1. The number of halogens is 1. The first kappa shape index (κ1) is 20.0. The molecule has 1 atom stereocenters. The lowest BCUT2D eigenvalue weighted by molar-refractivity contribution is -0.138. The van der Waals surface area contributed by atoms with Gasteiger partial charge in [-0.15, -0.1) is 0 Å². The van der Waals surface area contributed by atoms with Crippen molar-refractivity contribution in [2.75, 3.05) is 5.32 Å². The van der Waals surface area contributed by atoms with Crippen LogP contribution >= 0.6 is 11.6 Å². The summed E-state index contributed by atoms with van der Waals surface area (Å²) in [7, 11) is 0. The molecule has 0 fully saturated rings. The molecule has 6 heteroatoms. The average molecular weight is 421 g/mol. The summed E-state index contributed by atoms with van der Waals surface area (Å²) in [6.07, 6.45) is -0.579. The molecule has 0 bridgehead atoms. The summed E-state index contributed by atoms with van der Waals surface area (Å²) in [5, 5.41) is 3.47. The summed E-state index contributed by atoms with van der Waals surface area (Å²) in [6, 6.07) is 22.0. The first-order valence-electron chi connectivity index (χ1n) is 9.69. The van der Waals surface area contributed by atoms with Crippen LogP contribution in [0.2, 0.25) is 5.02 Å². The smallest absolute Gasteiger partial charge is 0.263 e. The van der Waals surface area contributed by atoms with Gasteiger partial charge in [-0.3, -0.25) is 9.59 Å². The highest BCUT2D eigenvalue weighted by molar-refractivity contribution is 6.30. The van der Waals surface area contributed by atoms with Gasteiger partial charge in [-0.2, -0.15) is 0 Å². The maximum absolute atomic E-state index is 12.8. The highest BCUT2D eigenvalue weighted by atomic mass is 35.5. The molecule has 1 aliphatic heterocycles. The van der Waals surface area contributed by atoms with Crippen LogP contribution in [-0.4, -0.2) is 22.8 Å². The van der Waals surface area contributed by atoms with Gasteiger partial charge in [0.25, 0.3) is 11.8 Å². The molecule has 152 valence electrons. The summed E-state index contributed by atoms with van der Waals surface area (Å²) in [6.45, 7) is 2.65. The number of rotatable bonds is 4. The summed E-state index contributed by atoms with van der Waals surface area (Å²) < 4.78 is 5.88. The standard InChI is InChI=1S/C24H21ClN2O3/c1-16-24(29)27(14-17-5-3-2-4-6-17)15-19-13-21(11-12-22(19)30-16)26-23(28)18-7-9-20(25)10-8-18/h2-13,16H,14-15H2,1H3,(H,26,28). The molecule has 5 nitrogen and oxygen atoms in total. The van der Waals surface area contributed by atoms with Crippen LogP contribution in [0.15, 0.2) is 72.8 Å². The predicted octanol–water partition coefficient (Wildman–Crippen LogP) is 4.90. The third kappa shape index (κ3) is 4.47. The zero-order chi connectivity index (χ0) is 21.1. The van der Waals surface area contributed by atoms with Gasteiger partial charge in [0.1, 0.15) is 5.75 Å². The molecule has 1 N–H and O–H groups in total. The lowest BCUT2D eigenvalue weighted by Crippen LogP contribution is -2.37. The number of hydrogen-bond donors (Lipinski definition) is 1. The van der Waals surface area contributed by atoms with Gasteiger partial charge in [-0.25, -0.2) is 0 Å². The van der Waals surface area contributed by atoms with Gasteiger partial charge in [0.05, 0.1) is 0 Å². The number of carbonyl (C=O) groups is 2. The highest BCUT2D eigenvalue weighted by Crippen LogP contribution is 2.29.